The molecular weight excluding hydrogens is 416 g/mol. The van der Waals surface area contributed by atoms with Crippen molar-refractivity contribution < 1.29 is 0 Å². The van der Waals surface area contributed by atoms with E-state index in [1.165, 1.54) is 5.56 Å². The number of hydrogen-bond acceptors (Lipinski definition) is 3. The fourth-order valence-electron chi connectivity index (χ4n) is 4.99. The van der Waals surface area contributed by atoms with E-state index in [0.717, 1.165) is 86.7 Å². The van der Waals surface area contributed by atoms with E-state index in [-0.39, 0.29) is 5.56 Å². The van der Waals surface area contributed by atoms with Crippen molar-refractivity contribution in [2.24, 2.45) is 5.92 Å². The van der Waals surface area contributed by atoms with Crippen molar-refractivity contribution in [3.63, 3.8) is 0 Å². The highest BCUT2D eigenvalue weighted by molar-refractivity contribution is 7.80. The van der Waals surface area contributed by atoms with Gasteiger partial charge < -0.3 is 10.2 Å². The number of likely N-dealkylation sites (tertiary alicyclic amines) is 1. The molecular formula is C26H30N4OS. The molecule has 166 valence electrons. The molecule has 1 N–H and O–H groups in total. The maximum atomic E-state index is 13.1. The van der Waals surface area contributed by atoms with Gasteiger partial charge in [0.25, 0.3) is 5.56 Å². The number of nitrogens with zero attached hydrogens (tertiary/aromatic N) is 3. The van der Waals surface area contributed by atoms with Gasteiger partial charge in [0.1, 0.15) is 5.82 Å². The second-order valence-corrected chi connectivity index (χ2v) is 9.46. The molecule has 5 rings (SSSR count). The van der Waals surface area contributed by atoms with Gasteiger partial charge in [0.2, 0.25) is 0 Å². The molecule has 0 radical (unpaired) electrons. The molecule has 2 aliphatic rings. The van der Waals surface area contributed by atoms with Gasteiger partial charge in [0.15, 0.2) is 5.11 Å². The second-order valence-electron chi connectivity index (χ2n) is 9.08. The Kier molecular flexibility index (Phi) is 6.21. The zero-order chi connectivity index (χ0) is 21.9. The number of aryl methyl sites for hydroxylation is 1. The fraction of sp³-hybridized carbons (Fsp3) is 0.423. The third-order valence-corrected chi connectivity index (χ3v) is 7.20. The number of piperidine rings is 1. The molecule has 0 amide bonds. The average molecular weight is 447 g/mol. The summed E-state index contributed by atoms with van der Waals surface area (Å²) in [5.74, 6) is 1.63. The van der Waals surface area contributed by atoms with Crippen LogP contribution in [0.1, 0.15) is 43.5 Å². The summed E-state index contributed by atoms with van der Waals surface area (Å²) in [6.07, 6.45) is 7.62. The van der Waals surface area contributed by atoms with E-state index in [9.17, 15) is 4.79 Å². The number of hydrogen-bond donors (Lipinski definition) is 1. The van der Waals surface area contributed by atoms with Crippen LogP contribution in [0.5, 0.6) is 0 Å². The molecule has 0 spiro atoms. The van der Waals surface area contributed by atoms with Gasteiger partial charge in [-0.25, -0.2) is 4.98 Å². The third-order valence-electron chi connectivity index (χ3n) is 6.84. The molecule has 0 bridgehead atoms. The van der Waals surface area contributed by atoms with E-state index in [0.29, 0.717) is 11.3 Å². The Morgan fingerprint density at radius 3 is 2.66 bits per heavy atom. The third kappa shape index (κ3) is 4.56. The van der Waals surface area contributed by atoms with Gasteiger partial charge in [0, 0.05) is 31.7 Å². The predicted molar refractivity (Wildman–Crippen MR) is 134 cm³/mol. The van der Waals surface area contributed by atoms with E-state index in [1.807, 2.05) is 22.8 Å². The molecule has 3 aromatic rings. The highest BCUT2D eigenvalue weighted by Gasteiger charge is 2.21. The van der Waals surface area contributed by atoms with Crippen molar-refractivity contribution in [3.8, 4) is 0 Å². The van der Waals surface area contributed by atoms with Gasteiger partial charge in [0.05, 0.1) is 10.9 Å². The first kappa shape index (κ1) is 21.1. The monoisotopic (exact) mass is 446 g/mol. The van der Waals surface area contributed by atoms with E-state index in [2.05, 4.69) is 40.5 Å². The Morgan fingerprint density at radius 2 is 1.84 bits per heavy atom. The van der Waals surface area contributed by atoms with E-state index in [1.54, 1.807) is 0 Å². The quantitative estimate of drug-likeness (QED) is 0.587. The first-order valence-corrected chi connectivity index (χ1v) is 12.2. The van der Waals surface area contributed by atoms with E-state index < -0.39 is 0 Å². The molecule has 6 heteroatoms. The lowest BCUT2D eigenvalue weighted by molar-refractivity contribution is 0.268. The maximum absolute atomic E-state index is 13.1. The SMILES string of the molecule is O=c1c2cc(NC(=S)N3CCC(Cc4ccccc4)CC3)ccc2nc2n1CCCCC2. The van der Waals surface area contributed by atoms with Crippen LogP contribution in [0, 0.1) is 5.92 Å². The fourth-order valence-corrected chi connectivity index (χ4v) is 5.29. The molecule has 0 aliphatic carbocycles. The highest BCUT2D eigenvalue weighted by Crippen LogP contribution is 2.23. The molecule has 5 nitrogen and oxygen atoms in total. The average Bonchev–Trinajstić information content (AvgIpc) is 3.06. The van der Waals surface area contributed by atoms with Gasteiger partial charge in [-0.15, -0.1) is 0 Å². The normalized spacial score (nSPS) is 17.1. The topological polar surface area (TPSA) is 50.2 Å². The van der Waals surface area contributed by atoms with Crippen LogP contribution in [0.2, 0.25) is 0 Å². The van der Waals surface area contributed by atoms with E-state index in [4.69, 9.17) is 17.2 Å². The summed E-state index contributed by atoms with van der Waals surface area (Å²) >= 11 is 5.71. The molecule has 2 aromatic carbocycles. The van der Waals surface area contributed by atoms with Gasteiger partial charge in [-0.05, 0) is 74.0 Å². The number of aromatic nitrogens is 2. The summed E-state index contributed by atoms with van der Waals surface area (Å²) in [7, 11) is 0. The van der Waals surface area contributed by atoms with Gasteiger partial charge in [-0.2, -0.15) is 0 Å². The standard InChI is InChI=1S/C26H30N4OS/c31-25-22-18-21(10-11-23(22)28-24-9-5-2-6-14-30(24)25)27-26(32)29-15-12-20(13-16-29)17-19-7-3-1-4-8-19/h1,3-4,7-8,10-11,18,20H,2,5-6,9,12-17H2,(H,27,32). The van der Waals surface area contributed by atoms with Crippen LogP contribution in [0.25, 0.3) is 10.9 Å². The first-order valence-electron chi connectivity index (χ1n) is 11.8. The zero-order valence-electron chi connectivity index (χ0n) is 18.4. The summed E-state index contributed by atoms with van der Waals surface area (Å²) in [6, 6.07) is 16.6. The number of rotatable bonds is 3. The molecule has 0 unspecified atom stereocenters. The zero-order valence-corrected chi connectivity index (χ0v) is 19.2. The Morgan fingerprint density at radius 1 is 1.03 bits per heavy atom. The molecule has 3 heterocycles. The number of fused-ring (bicyclic) bond motifs is 2. The molecule has 1 fully saturated rings. The first-order chi connectivity index (χ1) is 15.7. The van der Waals surface area contributed by atoms with Crippen molar-refractivity contribution in [1.29, 1.82) is 0 Å². The smallest absolute Gasteiger partial charge is 0.261 e. The molecule has 2 aliphatic heterocycles. The minimum absolute atomic E-state index is 0.0724. The Labute approximate surface area is 194 Å². The van der Waals surface area contributed by atoms with E-state index >= 15 is 0 Å². The number of benzene rings is 2. The van der Waals surface area contributed by atoms with Crippen molar-refractivity contribution in [2.45, 2.75) is 51.5 Å². The Balaban J connectivity index is 1.25. The van der Waals surface area contributed by atoms with Crippen molar-refractivity contribution in [3.05, 3.63) is 70.3 Å². The minimum atomic E-state index is 0.0724. The predicted octanol–water partition coefficient (Wildman–Crippen LogP) is 4.77. The Bertz CT molecular complexity index is 1170. The molecule has 32 heavy (non-hydrogen) atoms. The van der Waals surface area contributed by atoms with Crippen LogP contribution in [0.4, 0.5) is 5.69 Å². The lowest BCUT2D eigenvalue weighted by Gasteiger charge is -2.34. The largest absolute Gasteiger partial charge is 0.349 e. The highest BCUT2D eigenvalue weighted by atomic mass is 32.1. The second kappa shape index (κ2) is 9.41. The Hall–Kier alpha value is -2.73. The minimum Gasteiger partial charge on any atom is -0.349 e. The molecule has 0 saturated carbocycles. The van der Waals surface area contributed by atoms with Crippen molar-refractivity contribution in [1.82, 2.24) is 14.5 Å². The van der Waals surface area contributed by atoms with Crippen LogP contribution < -0.4 is 10.9 Å². The van der Waals surface area contributed by atoms with Crippen molar-refractivity contribution >= 4 is 33.9 Å². The van der Waals surface area contributed by atoms with Gasteiger partial charge in [-0.3, -0.25) is 9.36 Å². The van der Waals surface area contributed by atoms with Gasteiger partial charge in [-0.1, -0.05) is 36.8 Å². The molecule has 0 atom stereocenters. The van der Waals surface area contributed by atoms with Crippen LogP contribution in [0.15, 0.2) is 53.3 Å². The van der Waals surface area contributed by atoms with Crippen LogP contribution in [-0.2, 0) is 19.4 Å². The molecule has 1 saturated heterocycles. The van der Waals surface area contributed by atoms with Crippen molar-refractivity contribution in [2.75, 3.05) is 18.4 Å². The van der Waals surface area contributed by atoms with Crippen LogP contribution in [0.3, 0.4) is 0 Å². The van der Waals surface area contributed by atoms with Crippen LogP contribution >= 0.6 is 12.2 Å². The number of anilines is 1. The number of thiocarbonyl (C=S) groups is 1. The maximum Gasteiger partial charge on any atom is 0.261 e. The molecule has 1 aromatic heterocycles. The van der Waals surface area contributed by atoms with Gasteiger partial charge >= 0.3 is 0 Å². The summed E-state index contributed by atoms with van der Waals surface area (Å²) < 4.78 is 1.87. The number of nitrogens with one attached hydrogen (secondary N) is 1. The lowest BCUT2D eigenvalue weighted by atomic mass is 9.90. The summed E-state index contributed by atoms with van der Waals surface area (Å²) in [5.41, 5.74) is 3.13. The van der Waals surface area contributed by atoms with Crippen LogP contribution in [-0.4, -0.2) is 32.7 Å². The lowest BCUT2D eigenvalue weighted by Crippen LogP contribution is -2.41. The summed E-state index contributed by atoms with van der Waals surface area (Å²) in [5, 5.41) is 4.78. The summed E-state index contributed by atoms with van der Waals surface area (Å²) in [4.78, 5) is 20.1. The summed E-state index contributed by atoms with van der Waals surface area (Å²) in [6.45, 7) is 2.70.